The van der Waals surface area contributed by atoms with Gasteiger partial charge in [-0.15, -0.1) is 0 Å². The number of nitrogens with zero attached hydrogens (tertiary/aromatic N) is 1. The van der Waals surface area contributed by atoms with Crippen molar-refractivity contribution in [2.75, 3.05) is 87.8 Å². The molecule has 2 saturated heterocycles. The first-order valence-corrected chi connectivity index (χ1v) is 29.4. The summed E-state index contributed by atoms with van der Waals surface area (Å²) >= 11 is 0. The van der Waals surface area contributed by atoms with E-state index in [4.69, 9.17) is 47.4 Å². The van der Waals surface area contributed by atoms with Crippen molar-refractivity contribution in [3.05, 3.63) is 47.6 Å². The van der Waals surface area contributed by atoms with Crippen molar-refractivity contribution < 1.29 is 81.6 Å². The minimum Gasteiger partial charge on any atom is -0.461 e. The molecule has 3 aliphatic heterocycles. The number of carbonyl (C=O) groups excluding carboxylic acids is 5. The number of allylic oxidation sites excluding steroid dienone is 6. The predicted molar refractivity (Wildman–Crippen MR) is 301 cm³/mol. The van der Waals surface area contributed by atoms with E-state index < -0.39 is 84.0 Å². The van der Waals surface area contributed by atoms with Crippen molar-refractivity contribution in [2.24, 2.45) is 35.5 Å². The smallest absolute Gasteiger partial charge is 0.407 e. The van der Waals surface area contributed by atoms with Crippen molar-refractivity contribution in [3.8, 4) is 0 Å². The quantitative estimate of drug-likeness (QED) is 0.0494. The van der Waals surface area contributed by atoms with Crippen LogP contribution in [0.4, 0.5) is 4.79 Å². The number of methoxy groups -OCH3 is 4. The lowest BCUT2D eigenvalue weighted by Gasteiger charge is -2.42. The molecule has 2 amide bonds. The maximum Gasteiger partial charge on any atom is 0.407 e. The van der Waals surface area contributed by atoms with Crippen molar-refractivity contribution in [2.45, 2.75) is 186 Å². The van der Waals surface area contributed by atoms with E-state index in [2.05, 4.69) is 5.32 Å². The standard InChI is InChI=1S/C61H100N2O17/c1-40-17-13-12-14-18-42(3)52(72-9)39-48-23-21-46(7)61(70,80-48)57(66)58(67)63-27-16-15-19-49(63)59(68)78-50(24-20-41(2)36-45(6)55(65)56(74-11)54(64)44(5)35-40)43(4)37-47-22-25-51(53(38-47)73-10)79-60(69)62-26-28-75-31-32-77-34-33-76-30-29-71-8/h12-14,17-18,36,40-41,43-44,46-53,55-56,65,70H,15-16,19-35,37-39H2,1-11H3,(H,62,69)/b14-12+,17-13+,42-18+,45-36+/t40-,41+,43-,44-,46-,47+,48+,49+,50+,51-,52+,53-,55-,56+,61-/m1/s1. The molecule has 0 unspecified atom stereocenters. The number of hydrogen-bond acceptors (Lipinski definition) is 17. The Bertz CT molecular complexity index is 2030. The second kappa shape index (κ2) is 36.0. The number of fused-ring (bicyclic) bond motifs is 3. The van der Waals surface area contributed by atoms with Gasteiger partial charge >= 0.3 is 12.1 Å². The number of rotatable bonds is 19. The lowest BCUT2D eigenvalue weighted by atomic mass is 9.78. The van der Waals surface area contributed by atoms with Crippen LogP contribution in [0.1, 0.15) is 132 Å². The molecule has 19 heteroatoms. The molecule has 0 aromatic heterocycles. The molecular formula is C61H100N2O17. The summed E-state index contributed by atoms with van der Waals surface area (Å²) in [5.74, 6) is -6.55. The summed E-state index contributed by atoms with van der Waals surface area (Å²) in [6.07, 6.45) is 13.1. The fourth-order valence-electron chi connectivity index (χ4n) is 11.5. The van der Waals surface area contributed by atoms with E-state index >= 15 is 0 Å². The van der Waals surface area contributed by atoms with Crippen molar-refractivity contribution in [3.63, 3.8) is 0 Å². The van der Waals surface area contributed by atoms with Crippen LogP contribution in [0.15, 0.2) is 47.6 Å². The zero-order chi connectivity index (χ0) is 58.8. The van der Waals surface area contributed by atoms with Crippen molar-refractivity contribution in [1.29, 1.82) is 0 Å². The van der Waals surface area contributed by atoms with Gasteiger partial charge in [0.2, 0.25) is 5.79 Å². The first kappa shape index (κ1) is 68.6. The molecule has 3 N–H and O–H groups in total. The first-order valence-electron chi connectivity index (χ1n) is 29.4. The van der Waals surface area contributed by atoms with E-state index in [-0.39, 0.29) is 61.7 Å². The maximum atomic E-state index is 14.6. The van der Waals surface area contributed by atoms with Crippen molar-refractivity contribution >= 4 is 29.5 Å². The molecule has 80 heavy (non-hydrogen) atoms. The zero-order valence-electron chi connectivity index (χ0n) is 50.1. The van der Waals surface area contributed by atoms with E-state index in [1.165, 1.54) is 12.0 Å². The summed E-state index contributed by atoms with van der Waals surface area (Å²) in [6.45, 7) is 16.7. The number of ether oxygens (including phenoxy) is 10. The Labute approximate surface area is 477 Å². The van der Waals surface area contributed by atoms with Crippen LogP contribution in [0, 0.1) is 35.5 Å². The van der Waals surface area contributed by atoms with E-state index in [1.54, 1.807) is 35.2 Å². The number of Topliss-reactive ketones (excluding diaryl/α,β-unsaturated/α-hetero) is 2. The number of nitrogens with one attached hydrogen (secondary N) is 1. The van der Waals surface area contributed by atoms with Crippen LogP contribution in [-0.4, -0.2) is 187 Å². The van der Waals surface area contributed by atoms with Gasteiger partial charge in [0, 0.05) is 59.8 Å². The van der Waals surface area contributed by atoms with E-state index in [0.29, 0.717) is 116 Å². The maximum absolute atomic E-state index is 14.6. The second-order valence-electron chi connectivity index (χ2n) is 22.8. The third kappa shape index (κ3) is 21.7. The lowest BCUT2D eigenvalue weighted by molar-refractivity contribution is -0.265. The van der Waals surface area contributed by atoms with E-state index in [1.807, 2.05) is 71.1 Å². The average molecular weight is 1130 g/mol. The molecule has 1 aliphatic carbocycles. The highest BCUT2D eigenvalue weighted by molar-refractivity contribution is 6.39. The number of ketones is 2. The monoisotopic (exact) mass is 1130 g/mol. The SMILES string of the molecule is COCCOCCOCCOCCNC(=O)O[C@@H]1CC[C@@H](C[C@@H](C)[C@@H]2CC[C@H](C)/C=C(\C)[C@@H](O)[C@@H](OC)C(=O)[C@H](C)C[C@H](C)/C=C/C=C/C=C(\C)[C@@H](OC)C[C@@H]3CC[C@@H](C)[C@@](O)(O3)C(=O)C(=O)N3CCCC[C@H]3C(=O)O2)C[C@H]1OC. The van der Waals surface area contributed by atoms with Gasteiger partial charge in [0.25, 0.3) is 11.7 Å². The van der Waals surface area contributed by atoms with Gasteiger partial charge in [-0.1, -0.05) is 71.1 Å². The van der Waals surface area contributed by atoms with Gasteiger partial charge in [-0.3, -0.25) is 14.4 Å². The molecule has 3 heterocycles. The Morgan fingerprint density at radius 3 is 2.14 bits per heavy atom. The summed E-state index contributed by atoms with van der Waals surface area (Å²) in [5.41, 5.74) is 1.47. The molecule has 4 aliphatic rings. The van der Waals surface area contributed by atoms with Gasteiger partial charge < -0.3 is 67.8 Å². The average Bonchev–Trinajstić information content (AvgIpc) is 3.49. The Balaban J connectivity index is 1.52. The molecule has 0 radical (unpaired) electrons. The molecule has 0 aromatic carbocycles. The highest BCUT2D eigenvalue weighted by Gasteiger charge is 2.53. The van der Waals surface area contributed by atoms with Crippen LogP contribution in [0.5, 0.6) is 0 Å². The summed E-state index contributed by atoms with van der Waals surface area (Å²) in [7, 11) is 6.24. The normalized spacial score (nSPS) is 34.9. The number of cyclic esters (lactones) is 1. The highest BCUT2D eigenvalue weighted by atomic mass is 16.6. The van der Waals surface area contributed by atoms with Crippen molar-refractivity contribution in [1.82, 2.24) is 10.2 Å². The minimum atomic E-state index is -2.41. The van der Waals surface area contributed by atoms with E-state index in [9.17, 15) is 34.2 Å². The Morgan fingerprint density at radius 2 is 1.46 bits per heavy atom. The number of piperidine rings is 1. The Kier molecular flexibility index (Phi) is 30.8. The second-order valence-corrected chi connectivity index (χ2v) is 22.8. The number of alkyl carbamates (subject to hydrolysis) is 1. The molecule has 19 nitrogen and oxygen atoms in total. The topological polar surface area (TPSA) is 233 Å². The van der Waals surface area contributed by atoms with Crippen LogP contribution < -0.4 is 5.32 Å². The van der Waals surface area contributed by atoms with Crippen LogP contribution >= 0.6 is 0 Å². The summed E-state index contributed by atoms with van der Waals surface area (Å²) in [5, 5.41) is 26.4. The van der Waals surface area contributed by atoms with Crippen LogP contribution in [0.2, 0.25) is 0 Å². The van der Waals surface area contributed by atoms with Gasteiger partial charge in [0.15, 0.2) is 5.78 Å². The van der Waals surface area contributed by atoms with Crippen LogP contribution in [0.25, 0.3) is 0 Å². The number of amides is 2. The number of aliphatic hydroxyl groups is 2. The molecule has 3 fully saturated rings. The molecule has 0 spiro atoms. The molecule has 0 aromatic rings. The molecule has 1 saturated carbocycles. The van der Waals surface area contributed by atoms with Gasteiger partial charge in [-0.25, -0.2) is 9.59 Å². The fraction of sp³-hybridized carbons (Fsp3) is 0.787. The Hall–Kier alpha value is -3.89. The molecular weight excluding hydrogens is 1030 g/mol. The number of aliphatic hydroxyl groups excluding tert-OH is 1. The lowest BCUT2D eigenvalue weighted by Crippen LogP contribution is -2.61. The van der Waals surface area contributed by atoms with Gasteiger partial charge in [-0.05, 0) is 126 Å². The van der Waals surface area contributed by atoms with Gasteiger partial charge in [0.1, 0.15) is 30.5 Å². The summed E-state index contributed by atoms with van der Waals surface area (Å²) in [4.78, 5) is 71.4. The largest absolute Gasteiger partial charge is 0.461 e. The molecule has 2 bridgehead atoms. The summed E-state index contributed by atoms with van der Waals surface area (Å²) in [6, 6.07) is -1.07. The number of esters is 1. The van der Waals surface area contributed by atoms with Crippen LogP contribution in [-0.2, 0) is 66.5 Å². The first-order chi connectivity index (χ1) is 38.3. The van der Waals surface area contributed by atoms with E-state index in [0.717, 1.165) is 12.0 Å². The predicted octanol–water partition coefficient (Wildman–Crippen LogP) is 7.43. The number of carbonyl (C=O) groups is 5. The molecule has 456 valence electrons. The Morgan fingerprint density at radius 1 is 0.762 bits per heavy atom. The van der Waals surface area contributed by atoms with Gasteiger partial charge in [-0.2, -0.15) is 0 Å². The molecule has 4 rings (SSSR count). The third-order valence-electron chi connectivity index (χ3n) is 16.4. The zero-order valence-corrected chi connectivity index (χ0v) is 50.1. The van der Waals surface area contributed by atoms with Crippen LogP contribution in [0.3, 0.4) is 0 Å². The fourth-order valence-corrected chi connectivity index (χ4v) is 11.5. The van der Waals surface area contributed by atoms with Gasteiger partial charge in [0.05, 0.1) is 64.6 Å². The molecule has 15 atom stereocenters. The highest BCUT2D eigenvalue weighted by Crippen LogP contribution is 2.38. The number of hydrogen-bond donors (Lipinski definition) is 3. The third-order valence-corrected chi connectivity index (χ3v) is 16.4. The minimum absolute atomic E-state index is 0.0448. The summed E-state index contributed by atoms with van der Waals surface area (Å²) < 4.78 is 57.4.